The average Bonchev–Trinajstić information content (AvgIpc) is 2.83. The minimum Gasteiger partial charge on any atom is -0.534 e. The first-order chi connectivity index (χ1) is 16.6. The smallest absolute Gasteiger partial charge is 0.534 e. The van der Waals surface area contributed by atoms with E-state index in [-0.39, 0.29) is 37.2 Å². The van der Waals surface area contributed by atoms with Gasteiger partial charge in [0.15, 0.2) is 0 Å². The number of imide groups is 1. The zero-order valence-corrected chi connectivity index (χ0v) is 19.3. The van der Waals surface area contributed by atoms with Gasteiger partial charge in [-0.1, -0.05) is 19.1 Å². The van der Waals surface area contributed by atoms with E-state index >= 15 is 0 Å². The Morgan fingerprint density at radius 2 is 1.91 bits per heavy atom. The highest BCUT2D eigenvalue weighted by atomic mass is 16.5. The maximum absolute atomic E-state index is 13.0. The number of para-hydroxylation sites is 1. The second kappa shape index (κ2) is 10.7. The van der Waals surface area contributed by atoms with Crippen LogP contribution in [0.25, 0.3) is 0 Å². The van der Waals surface area contributed by atoms with Crippen LogP contribution in [-0.2, 0) is 20.8 Å². The van der Waals surface area contributed by atoms with Gasteiger partial charge in [-0.05, 0) is 31.4 Å². The third-order valence-corrected chi connectivity index (χ3v) is 5.98. The fourth-order valence-electron chi connectivity index (χ4n) is 3.94. The zero-order valence-electron chi connectivity index (χ0n) is 19.3. The van der Waals surface area contributed by atoms with Gasteiger partial charge >= 0.3 is 30.9 Å². The van der Waals surface area contributed by atoms with Crippen LogP contribution < -0.4 is 15.3 Å². The monoisotopic (exact) mass is 490 g/mol. The number of nitrogens with zero attached hydrogens (tertiary/aromatic N) is 2. The first-order valence-electron chi connectivity index (χ1n) is 11.2. The van der Waals surface area contributed by atoms with Gasteiger partial charge in [-0.25, -0.2) is 9.59 Å². The lowest BCUT2D eigenvalue weighted by atomic mass is 9.72. The molecule has 2 aliphatic rings. The number of likely N-dealkylation sites (N-methyl/N-ethyl adjacent to an activating group) is 1. The van der Waals surface area contributed by atoms with Gasteiger partial charge < -0.3 is 35.4 Å². The minimum atomic E-state index is -1.59. The molecule has 5 N–H and O–H groups in total. The third-order valence-electron chi connectivity index (χ3n) is 5.98. The zero-order chi connectivity index (χ0) is 25.9. The molecule has 2 aliphatic heterocycles. The van der Waals surface area contributed by atoms with Crippen molar-refractivity contribution in [1.82, 2.24) is 20.4 Å². The molecule has 1 aromatic carbocycles. The molecule has 0 aromatic heterocycles. The summed E-state index contributed by atoms with van der Waals surface area (Å²) in [5.74, 6) is -5.00. The number of fused-ring (bicyclic) bond motifs is 1. The van der Waals surface area contributed by atoms with E-state index < -0.39 is 54.9 Å². The molecule has 2 heterocycles. The second-order valence-corrected chi connectivity index (χ2v) is 8.17. The predicted molar refractivity (Wildman–Crippen MR) is 120 cm³/mol. The number of hydrogen-bond acceptors (Lipinski definition) is 8. The van der Waals surface area contributed by atoms with Gasteiger partial charge in [0.1, 0.15) is 11.8 Å². The third kappa shape index (κ3) is 5.38. The molecule has 0 aliphatic carbocycles. The van der Waals surface area contributed by atoms with Crippen molar-refractivity contribution in [1.29, 1.82) is 0 Å². The van der Waals surface area contributed by atoms with E-state index in [2.05, 4.69) is 10.6 Å². The summed E-state index contributed by atoms with van der Waals surface area (Å²) in [6.07, 6.45) is -1.24. The van der Waals surface area contributed by atoms with Crippen molar-refractivity contribution in [3.05, 3.63) is 29.3 Å². The first-order valence-corrected chi connectivity index (χ1v) is 11.2. The molecule has 0 radical (unpaired) electrons. The highest BCUT2D eigenvalue weighted by molar-refractivity contribution is 6.47. The summed E-state index contributed by atoms with van der Waals surface area (Å²) in [5.41, 5.74) is 0.301. The van der Waals surface area contributed by atoms with Gasteiger partial charge in [0.05, 0.1) is 17.6 Å². The highest BCUT2D eigenvalue weighted by Crippen LogP contribution is 2.30. The van der Waals surface area contributed by atoms with Crippen molar-refractivity contribution < 1.29 is 43.9 Å². The molecule has 5 amide bonds. The molecule has 13 nitrogen and oxygen atoms in total. The number of carboxylic acids is 1. The molecular formula is C21H27BN4O9. The molecule has 0 bridgehead atoms. The quantitative estimate of drug-likeness (QED) is 0.221. The van der Waals surface area contributed by atoms with Crippen LogP contribution >= 0.6 is 0 Å². The number of urea groups is 1. The van der Waals surface area contributed by atoms with Crippen LogP contribution in [0.15, 0.2) is 18.2 Å². The molecule has 188 valence electrons. The number of carbonyl (C=O) groups excluding carboxylic acids is 4. The van der Waals surface area contributed by atoms with Crippen LogP contribution in [0.1, 0.15) is 36.2 Å². The van der Waals surface area contributed by atoms with Crippen molar-refractivity contribution in [2.75, 3.05) is 19.6 Å². The Bertz CT molecular complexity index is 1040. The molecule has 3 atom stereocenters. The SMILES string of the molecule is CCC(O)C(NC(=O)N1CCN(CC)C(=O)C1=O)C(=O)N[C@H]1Cc2cccc(C(=O)O)c2OB1O. The average molecular weight is 490 g/mol. The Morgan fingerprint density at radius 3 is 2.54 bits per heavy atom. The van der Waals surface area contributed by atoms with Crippen LogP contribution in [0.4, 0.5) is 4.79 Å². The molecule has 1 fully saturated rings. The van der Waals surface area contributed by atoms with Crippen molar-refractivity contribution in [3.63, 3.8) is 0 Å². The van der Waals surface area contributed by atoms with Crippen molar-refractivity contribution in [2.24, 2.45) is 0 Å². The summed E-state index contributed by atoms with van der Waals surface area (Å²) in [7, 11) is -1.59. The number of carboxylic acid groups (broad SMARTS) is 1. The normalized spacial score (nSPS) is 19.4. The summed E-state index contributed by atoms with van der Waals surface area (Å²) in [6.45, 7) is 3.66. The number of nitrogens with one attached hydrogen (secondary N) is 2. The summed E-state index contributed by atoms with van der Waals surface area (Å²) < 4.78 is 5.34. The Morgan fingerprint density at radius 1 is 1.20 bits per heavy atom. The van der Waals surface area contributed by atoms with E-state index in [0.29, 0.717) is 17.0 Å². The highest BCUT2D eigenvalue weighted by Gasteiger charge is 2.41. The molecule has 14 heteroatoms. The molecule has 0 saturated carbocycles. The molecular weight excluding hydrogens is 463 g/mol. The number of amides is 5. The van der Waals surface area contributed by atoms with E-state index in [0.717, 1.165) is 0 Å². The molecule has 0 spiro atoms. The molecule has 2 unspecified atom stereocenters. The Kier molecular flexibility index (Phi) is 7.97. The van der Waals surface area contributed by atoms with E-state index in [1.54, 1.807) is 19.9 Å². The lowest BCUT2D eigenvalue weighted by molar-refractivity contribution is -0.153. The number of carbonyl (C=O) groups is 5. The minimum absolute atomic E-state index is 0.00848. The predicted octanol–water partition coefficient (Wildman–Crippen LogP) is -1.64. The van der Waals surface area contributed by atoms with Gasteiger partial charge in [-0.2, -0.15) is 0 Å². The maximum Gasteiger partial charge on any atom is 0.547 e. The van der Waals surface area contributed by atoms with E-state index in [1.165, 1.54) is 17.0 Å². The van der Waals surface area contributed by atoms with Crippen LogP contribution in [0, 0.1) is 0 Å². The number of piperazine rings is 1. The Hall–Kier alpha value is -3.65. The van der Waals surface area contributed by atoms with Gasteiger partial charge in [0.2, 0.25) is 5.91 Å². The number of hydrogen-bond donors (Lipinski definition) is 5. The maximum atomic E-state index is 13.0. The standard InChI is InChI=1S/C21H27BN4O9/c1-3-13(27)15(24-21(33)26-9-8-25(4-2)18(29)19(26)30)17(28)23-14-10-11-6-5-7-12(20(31)32)16(11)35-22(14)34/h5-7,13-15,27,34H,3-4,8-10H2,1-2H3,(H,23,28)(H,24,33)(H,31,32)/t13?,14-,15?/m0/s1. The summed E-state index contributed by atoms with van der Waals surface area (Å²) >= 11 is 0. The van der Waals surface area contributed by atoms with Crippen molar-refractivity contribution >= 4 is 36.8 Å². The van der Waals surface area contributed by atoms with Gasteiger partial charge in [-0.15, -0.1) is 0 Å². The second-order valence-electron chi connectivity index (χ2n) is 8.17. The fourth-order valence-corrected chi connectivity index (χ4v) is 3.94. The van der Waals surface area contributed by atoms with Crippen molar-refractivity contribution in [3.8, 4) is 5.75 Å². The Balaban J connectivity index is 1.72. The number of benzene rings is 1. The fraction of sp³-hybridized carbons (Fsp3) is 0.476. The van der Waals surface area contributed by atoms with Gasteiger partial charge in [-0.3, -0.25) is 19.3 Å². The van der Waals surface area contributed by atoms with Gasteiger partial charge in [0, 0.05) is 19.6 Å². The lowest BCUT2D eigenvalue weighted by Gasteiger charge is -2.34. The van der Waals surface area contributed by atoms with E-state index in [1.807, 2.05) is 0 Å². The van der Waals surface area contributed by atoms with Gasteiger partial charge in [0.25, 0.3) is 0 Å². The topological polar surface area (TPSA) is 186 Å². The van der Waals surface area contributed by atoms with E-state index in [9.17, 15) is 39.2 Å². The summed E-state index contributed by atoms with van der Waals surface area (Å²) in [5, 5.41) is 34.9. The number of aliphatic hydroxyl groups is 1. The van der Waals surface area contributed by atoms with Crippen LogP contribution in [0.2, 0.25) is 0 Å². The first kappa shape index (κ1) is 26.0. The molecule has 35 heavy (non-hydrogen) atoms. The van der Waals surface area contributed by atoms with Crippen LogP contribution in [0.5, 0.6) is 5.75 Å². The largest absolute Gasteiger partial charge is 0.547 e. The summed E-state index contributed by atoms with van der Waals surface area (Å²) in [6, 6.07) is 1.90. The molecule has 1 aromatic rings. The lowest BCUT2D eigenvalue weighted by Crippen LogP contribution is -2.63. The summed E-state index contributed by atoms with van der Waals surface area (Å²) in [4.78, 5) is 63.4. The van der Waals surface area contributed by atoms with Crippen LogP contribution in [-0.4, -0.2) is 99.6 Å². The molecule has 3 rings (SSSR count). The molecule has 1 saturated heterocycles. The number of aromatic carboxylic acids is 1. The number of aliphatic hydroxyl groups excluding tert-OH is 1. The van der Waals surface area contributed by atoms with Crippen LogP contribution in [0.3, 0.4) is 0 Å². The van der Waals surface area contributed by atoms with E-state index in [4.69, 9.17) is 4.65 Å². The number of rotatable bonds is 7. The Labute approximate surface area is 201 Å². The van der Waals surface area contributed by atoms with Crippen molar-refractivity contribution in [2.45, 2.75) is 44.8 Å².